The fourth-order valence-electron chi connectivity index (χ4n) is 5.59. The number of hydrogen-bond acceptors (Lipinski definition) is 5. The summed E-state index contributed by atoms with van der Waals surface area (Å²) in [5, 5.41) is 0. The average molecular weight is 761 g/mol. The molecule has 47 heavy (non-hydrogen) atoms. The predicted molar refractivity (Wildman–Crippen MR) is 190 cm³/mol. The van der Waals surface area contributed by atoms with Crippen LogP contribution < -0.4 is 0 Å². The zero-order valence-corrected chi connectivity index (χ0v) is 29.1. The minimum atomic E-state index is -0.657. The van der Waals surface area contributed by atoms with Crippen LogP contribution in [0.5, 0.6) is 0 Å². The van der Waals surface area contributed by atoms with Crippen molar-refractivity contribution in [3.63, 3.8) is 0 Å². The molecule has 0 radical (unpaired) electrons. The first kappa shape index (κ1) is 34.1. The Bertz CT molecular complexity index is 1700. The summed E-state index contributed by atoms with van der Waals surface area (Å²) in [5.74, 6) is 0. The molecule has 6 rings (SSSR count). The number of nitrogens with zero attached hydrogens (tertiary/aromatic N) is 2. The molecule has 0 aliphatic carbocycles. The van der Waals surface area contributed by atoms with Crippen LogP contribution in [0.1, 0.15) is 35.1 Å². The van der Waals surface area contributed by atoms with Crippen molar-refractivity contribution in [3.8, 4) is 0 Å². The molecule has 4 aromatic rings. The van der Waals surface area contributed by atoms with Crippen LogP contribution in [-0.2, 0) is 32.9 Å². The average Bonchev–Trinajstić information content (AvgIpc) is 3.57. The van der Waals surface area contributed by atoms with Gasteiger partial charge in [0.25, 0.3) is 0 Å². The van der Waals surface area contributed by atoms with E-state index in [0.717, 1.165) is 38.3 Å². The highest BCUT2D eigenvalue weighted by Gasteiger charge is 2.42. The highest BCUT2D eigenvalue weighted by Crippen LogP contribution is 2.34. The van der Waals surface area contributed by atoms with Gasteiger partial charge in [-0.3, -0.25) is 0 Å². The van der Waals surface area contributed by atoms with Gasteiger partial charge in [0.2, 0.25) is 0 Å². The van der Waals surface area contributed by atoms with E-state index in [9.17, 15) is 14.4 Å². The predicted octanol–water partition coefficient (Wildman–Crippen LogP) is 8.80. The fraction of sp³-hybridized carbons (Fsp3) is 0.237. The third-order valence-electron chi connectivity index (χ3n) is 8.26. The van der Waals surface area contributed by atoms with E-state index in [0.29, 0.717) is 39.2 Å². The van der Waals surface area contributed by atoms with Crippen LogP contribution in [0.15, 0.2) is 124 Å². The highest BCUT2D eigenvalue weighted by molar-refractivity contribution is 9.10. The number of carbonyl (C=O) groups is 3. The minimum absolute atomic E-state index is 0.237. The number of halogens is 2. The molecule has 0 N–H and O–H groups in total. The van der Waals surface area contributed by atoms with Gasteiger partial charge in [0.15, 0.2) is 0 Å². The second kappa shape index (κ2) is 16.6. The summed E-state index contributed by atoms with van der Waals surface area (Å²) >= 11 is 6.93. The lowest BCUT2D eigenvalue weighted by Crippen LogP contribution is -2.35. The van der Waals surface area contributed by atoms with Crippen LogP contribution in [0.25, 0.3) is 5.57 Å². The van der Waals surface area contributed by atoms with E-state index in [4.69, 9.17) is 9.47 Å². The maximum atomic E-state index is 12.3. The molecule has 1 atom stereocenters. The number of benzene rings is 4. The highest BCUT2D eigenvalue weighted by atomic mass is 79.9. The summed E-state index contributed by atoms with van der Waals surface area (Å²) in [7, 11) is 0. The van der Waals surface area contributed by atoms with Crippen molar-refractivity contribution in [3.05, 3.63) is 146 Å². The van der Waals surface area contributed by atoms with Gasteiger partial charge < -0.3 is 24.1 Å². The topological polar surface area (TPSA) is 76.2 Å². The summed E-state index contributed by atoms with van der Waals surface area (Å²) in [6.45, 7) is 2.69. The van der Waals surface area contributed by atoms with Crippen molar-refractivity contribution in [1.29, 1.82) is 0 Å². The second-order valence-corrected chi connectivity index (χ2v) is 13.3. The lowest BCUT2D eigenvalue weighted by molar-refractivity contribution is -0.112. The summed E-state index contributed by atoms with van der Waals surface area (Å²) in [6, 6.07) is 35.2. The summed E-state index contributed by atoms with van der Waals surface area (Å²) in [4.78, 5) is 39.6. The summed E-state index contributed by atoms with van der Waals surface area (Å²) in [5.41, 5.74) is 4.69. The number of likely N-dealkylation sites (tertiary alicyclic amines) is 1. The second-order valence-electron chi connectivity index (χ2n) is 11.5. The van der Waals surface area contributed by atoms with Crippen LogP contribution in [0.2, 0.25) is 0 Å². The molecular formula is C38H36Br2N2O5. The number of ether oxygens (including phenoxy) is 2. The van der Waals surface area contributed by atoms with E-state index in [1.54, 1.807) is 9.80 Å². The van der Waals surface area contributed by atoms with Gasteiger partial charge in [-0.2, -0.15) is 0 Å². The van der Waals surface area contributed by atoms with Crippen molar-refractivity contribution >= 4 is 55.9 Å². The van der Waals surface area contributed by atoms with E-state index in [2.05, 4.69) is 50.1 Å². The molecule has 2 aliphatic heterocycles. The monoisotopic (exact) mass is 758 g/mol. The molecule has 1 fully saturated rings. The van der Waals surface area contributed by atoms with Crippen LogP contribution >= 0.6 is 31.9 Å². The molecule has 9 heteroatoms. The zero-order chi connectivity index (χ0) is 33.1. The molecule has 2 amide bonds. The van der Waals surface area contributed by atoms with E-state index in [1.807, 2.05) is 97.1 Å². The Kier molecular flexibility index (Phi) is 12.0. The van der Waals surface area contributed by atoms with Crippen LogP contribution in [-0.4, -0.2) is 54.5 Å². The Morgan fingerprint density at radius 1 is 0.723 bits per heavy atom. The van der Waals surface area contributed by atoms with Gasteiger partial charge in [0.05, 0.1) is 5.41 Å². The van der Waals surface area contributed by atoms with Crippen molar-refractivity contribution in [2.75, 3.05) is 26.2 Å². The van der Waals surface area contributed by atoms with Gasteiger partial charge in [-0.25, -0.2) is 9.59 Å². The Balaban J connectivity index is 0.000000185. The van der Waals surface area contributed by atoms with Gasteiger partial charge in [0.1, 0.15) is 19.5 Å². The van der Waals surface area contributed by atoms with Gasteiger partial charge in [-0.1, -0.05) is 123 Å². The molecule has 0 bridgehead atoms. The van der Waals surface area contributed by atoms with Crippen LogP contribution in [0, 0.1) is 0 Å². The van der Waals surface area contributed by atoms with Crippen molar-refractivity contribution in [1.82, 2.24) is 9.80 Å². The van der Waals surface area contributed by atoms with Crippen molar-refractivity contribution in [2.24, 2.45) is 0 Å². The van der Waals surface area contributed by atoms with E-state index >= 15 is 0 Å². The first-order valence-electron chi connectivity index (χ1n) is 15.4. The van der Waals surface area contributed by atoms with Crippen LogP contribution in [0.3, 0.4) is 0 Å². The molecule has 4 aromatic carbocycles. The van der Waals surface area contributed by atoms with Gasteiger partial charge >= 0.3 is 12.2 Å². The molecule has 1 saturated heterocycles. The Hall–Kier alpha value is -4.21. The third kappa shape index (κ3) is 9.42. The SMILES string of the molecule is O=C(OCc1ccccc1)N1CC=C(c2cccc(Br)c2)CC1.O=CC1(c2cccc(Br)c2)CCN(C(=O)OCc2ccccc2)C1. The van der Waals surface area contributed by atoms with E-state index < -0.39 is 5.41 Å². The number of amides is 2. The lowest BCUT2D eigenvalue weighted by atomic mass is 9.81. The number of aldehydes is 1. The van der Waals surface area contributed by atoms with Gasteiger partial charge in [0, 0.05) is 35.1 Å². The minimum Gasteiger partial charge on any atom is -0.445 e. The lowest BCUT2D eigenvalue weighted by Gasteiger charge is -2.26. The standard InChI is InChI=1S/C19H18BrNO3.C19H18BrNO2/c20-17-8-4-7-16(11-17)19(14-22)9-10-21(13-19)18(23)24-12-15-5-2-1-3-6-15;20-18-8-4-7-17(13-18)16-9-11-21(12-10-16)19(22)23-14-15-5-2-1-3-6-15/h1-8,11,14H,9-10,12-13H2;1-9,13H,10-12,14H2. The van der Waals surface area contributed by atoms with Crippen LogP contribution in [0.4, 0.5) is 9.59 Å². The summed E-state index contributed by atoms with van der Waals surface area (Å²) in [6.07, 6.45) is 3.88. The number of rotatable bonds is 7. The molecule has 0 aromatic heterocycles. The number of carbonyl (C=O) groups excluding carboxylic acids is 3. The third-order valence-corrected chi connectivity index (χ3v) is 9.24. The maximum Gasteiger partial charge on any atom is 0.410 e. The van der Waals surface area contributed by atoms with Gasteiger partial charge in [-0.15, -0.1) is 0 Å². The van der Waals surface area contributed by atoms with E-state index in [-0.39, 0.29) is 18.8 Å². The maximum absolute atomic E-state index is 12.3. The first-order valence-corrected chi connectivity index (χ1v) is 17.0. The van der Waals surface area contributed by atoms with Crippen molar-refractivity contribution in [2.45, 2.75) is 31.5 Å². The molecule has 7 nitrogen and oxygen atoms in total. The zero-order valence-electron chi connectivity index (χ0n) is 25.9. The molecule has 2 heterocycles. The number of hydrogen-bond donors (Lipinski definition) is 0. The van der Waals surface area contributed by atoms with E-state index in [1.165, 1.54) is 11.1 Å². The normalized spacial score (nSPS) is 17.2. The molecular weight excluding hydrogens is 724 g/mol. The molecule has 1 unspecified atom stereocenters. The molecule has 242 valence electrons. The quantitative estimate of drug-likeness (QED) is 0.176. The molecule has 2 aliphatic rings. The largest absolute Gasteiger partial charge is 0.445 e. The fourth-order valence-corrected chi connectivity index (χ4v) is 6.39. The Labute approximate surface area is 292 Å². The molecule has 0 spiro atoms. The Morgan fingerprint density at radius 3 is 1.87 bits per heavy atom. The smallest absolute Gasteiger partial charge is 0.410 e. The summed E-state index contributed by atoms with van der Waals surface area (Å²) < 4.78 is 12.7. The van der Waals surface area contributed by atoms with Crippen molar-refractivity contribution < 1.29 is 23.9 Å². The Morgan fingerprint density at radius 2 is 1.32 bits per heavy atom. The first-order chi connectivity index (χ1) is 22.8. The van der Waals surface area contributed by atoms with Gasteiger partial charge in [-0.05, 0) is 64.9 Å². The molecule has 0 saturated carbocycles.